The lowest BCUT2D eigenvalue weighted by Crippen LogP contribution is -2.63. The summed E-state index contributed by atoms with van der Waals surface area (Å²) < 4.78 is 0. The third-order valence-corrected chi connectivity index (χ3v) is 6.19. The first-order valence-corrected chi connectivity index (χ1v) is 8.86. The minimum atomic E-state index is 0.393. The van der Waals surface area contributed by atoms with Crippen molar-refractivity contribution in [2.75, 3.05) is 13.1 Å². The van der Waals surface area contributed by atoms with Crippen LogP contribution in [0.2, 0.25) is 5.02 Å². The van der Waals surface area contributed by atoms with E-state index in [1.807, 2.05) is 12.1 Å². The zero-order chi connectivity index (χ0) is 14.3. The zero-order valence-corrected chi connectivity index (χ0v) is 13.4. The van der Waals surface area contributed by atoms with Crippen LogP contribution in [0.1, 0.15) is 44.1 Å². The Kier molecular flexibility index (Phi) is 3.72. The molecule has 0 amide bonds. The van der Waals surface area contributed by atoms with E-state index in [2.05, 4.69) is 22.3 Å². The highest BCUT2D eigenvalue weighted by molar-refractivity contribution is 6.31. The average Bonchev–Trinajstić information content (AvgIpc) is 3.24. The van der Waals surface area contributed by atoms with Gasteiger partial charge < -0.3 is 5.32 Å². The van der Waals surface area contributed by atoms with Crippen LogP contribution < -0.4 is 5.32 Å². The molecule has 0 aromatic heterocycles. The standard InChI is InChI=1S/C18H25ClN2/c19-16-6-2-1-5-15(16)11-21-12-17(14-7-8-14)20-13-18(21)9-3-4-10-18/h1-2,5-6,14,17,20H,3-4,7-13H2. The lowest BCUT2D eigenvalue weighted by molar-refractivity contribution is 0.0312. The third-order valence-electron chi connectivity index (χ3n) is 5.83. The Morgan fingerprint density at radius 2 is 1.95 bits per heavy atom. The summed E-state index contributed by atoms with van der Waals surface area (Å²) >= 11 is 6.41. The monoisotopic (exact) mass is 304 g/mol. The van der Waals surface area contributed by atoms with E-state index < -0.39 is 0 Å². The first-order valence-electron chi connectivity index (χ1n) is 8.49. The number of benzene rings is 1. The molecule has 1 aliphatic heterocycles. The number of nitrogens with zero attached hydrogens (tertiary/aromatic N) is 1. The molecule has 1 spiro atoms. The van der Waals surface area contributed by atoms with Gasteiger partial charge in [0.15, 0.2) is 0 Å². The molecule has 3 fully saturated rings. The minimum absolute atomic E-state index is 0.393. The van der Waals surface area contributed by atoms with Crippen LogP contribution >= 0.6 is 11.6 Å². The smallest absolute Gasteiger partial charge is 0.0451 e. The molecule has 1 aromatic carbocycles. The fourth-order valence-corrected chi connectivity index (χ4v) is 4.53. The van der Waals surface area contributed by atoms with Crippen LogP contribution in [0.4, 0.5) is 0 Å². The molecule has 4 rings (SSSR count). The van der Waals surface area contributed by atoms with Gasteiger partial charge in [-0.05, 0) is 43.2 Å². The van der Waals surface area contributed by atoms with Crippen molar-refractivity contribution in [1.29, 1.82) is 0 Å². The summed E-state index contributed by atoms with van der Waals surface area (Å²) in [5, 5.41) is 4.79. The van der Waals surface area contributed by atoms with Crippen molar-refractivity contribution in [3.05, 3.63) is 34.9 Å². The van der Waals surface area contributed by atoms with Crippen molar-refractivity contribution in [2.24, 2.45) is 5.92 Å². The first kappa shape index (κ1) is 14.0. The van der Waals surface area contributed by atoms with E-state index >= 15 is 0 Å². The molecule has 0 radical (unpaired) electrons. The van der Waals surface area contributed by atoms with E-state index in [0.717, 1.165) is 17.5 Å². The molecular weight excluding hydrogens is 280 g/mol. The molecule has 1 aromatic rings. The van der Waals surface area contributed by atoms with Gasteiger partial charge in [0.2, 0.25) is 0 Å². The molecule has 3 aliphatic rings. The predicted octanol–water partition coefficient (Wildman–Crippen LogP) is 3.84. The van der Waals surface area contributed by atoms with Crippen LogP contribution in [0.15, 0.2) is 24.3 Å². The summed E-state index contributed by atoms with van der Waals surface area (Å²) in [6.45, 7) is 3.40. The summed E-state index contributed by atoms with van der Waals surface area (Å²) in [4.78, 5) is 2.76. The number of hydrogen-bond donors (Lipinski definition) is 1. The van der Waals surface area contributed by atoms with Gasteiger partial charge in [0, 0.05) is 36.2 Å². The highest BCUT2D eigenvalue weighted by Crippen LogP contribution is 2.42. The molecular formula is C18H25ClN2. The molecule has 2 aliphatic carbocycles. The zero-order valence-electron chi connectivity index (χ0n) is 12.7. The van der Waals surface area contributed by atoms with Crippen molar-refractivity contribution >= 4 is 11.6 Å². The lowest BCUT2D eigenvalue weighted by Gasteiger charge is -2.48. The van der Waals surface area contributed by atoms with Crippen molar-refractivity contribution in [1.82, 2.24) is 10.2 Å². The van der Waals surface area contributed by atoms with Crippen LogP contribution in [0.25, 0.3) is 0 Å². The van der Waals surface area contributed by atoms with Gasteiger partial charge in [0.05, 0.1) is 0 Å². The molecule has 21 heavy (non-hydrogen) atoms. The normalized spacial score (nSPS) is 29.1. The largest absolute Gasteiger partial charge is 0.311 e. The highest BCUT2D eigenvalue weighted by Gasteiger charge is 2.46. The Morgan fingerprint density at radius 1 is 1.19 bits per heavy atom. The van der Waals surface area contributed by atoms with Crippen molar-refractivity contribution in [3.63, 3.8) is 0 Å². The summed E-state index contributed by atoms with van der Waals surface area (Å²) in [7, 11) is 0. The van der Waals surface area contributed by atoms with E-state index in [9.17, 15) is 0 Å². The van der Waals surface area contributed by atoms with E-state index in [1.165, 1.54) is 57.2 Å². The van der Waals surface area contributed by atoms with Crippen LogP contribution in [-0.2, 0) is 6.54 Å². The Hall–Kier alpha value is -0.570. The van der Waals surface area contributed by atoms with Gasteiger partial charge in [0.1, 0.15) is 0 Å². The van der Waals surface area contributed by atoms with Gasteiger partial charge in [-0.1, -0.05) is 42.6 Å². The second-order valence-electron chi connectivity index (χ2n) is 7.23. The van der Waals surface area contributed by atoms with Crippen LogP contribution in [0, 0.1) is 5.92 Å². The molecule has 1 atom stereocenters. The third kappa shape index (κ3) is 2.74. The van der Waals surface area contributed by atoms with E-state index in [0.29, 0.717) is 11.6 Å². The van der Waals surface area contributed by atoms with Crippen molar-refractivity contribution in [3.8, 4) is 0 Å². The summed E-state index contributed by atoms with van der Waals surface area (Å²) in [5.41, 5.74) is 1.69. The Balaban J connectivity index is 1.56. The van der Waals surface area contributed by atoms with E-state index in [-0.39, 0.29) is 0 Å². The average molecular weight is 305 g/mol. The Morgan fingerprint density at radius 3 is 2.67 bits per heavy atom. The maximum Gasteiger partial charge on any atom is 0.0451 e. The number of hydrogen-bond acceptors (Lipinski definition) is 2. The molecule has 114 valence electrons. The maximum atomic E-state index is 6.41. The van der Waals surface area contributed by atoms with Gasteiger partial charge in [-0.15, -0.1) is 0 Å². The highest BCUT2D eigenvalue weighted by atomic mass is 35.5. The quantitative estimate of drug-likeness (QED) is 0.913. The predicted molar refractivity (Wildman–Crippen MR) is 87.6 cm³/mol. The van der Waals surface area contributed by atoms with Crippen LogP contribution in [0.5, 0.6) is 0 Å². The molecule has 1 N–H and O–H groups in total. The lowest BCUT2D eigenvalue weighted by atomic mass is 9.89. The number of rotatable bonds is 3. The molecule has 2 nitrogen and oxygen atoms in total. The molecule has 0 bridgehead atoms. The SMILES string of the molecule is Clc1ccccc1CN1CC(C2CC2)NCC12CCCC2. The van der Waals surface area contributed by atoms with Gasteiger partial charge in [-0.2, -0.15) is 0 Å². The van der Waals surface area contributed by atoms with Crippen molar-refractivity contribution < 1.29 is 0 Å². The van der Waals surface area contributed by atoms with E-state index in [4.69, 9.17) is 11.6 Å². The number of nitrogens with one attached hydrogen (secondary N) is 1. The number of halogens is 1. The van der Waals surface area contributed by atoms with Gasteiger partial charge >= 0.3 is 0 Å². The van der Waals surface area contributed by atoms with Gasteiger partial charge in [-0.3, -0.25) is 4.90 Å². The number of piperazine rings is 1. The Bertz CT molecular complexity index is 506. The Labute approximate surface area is 132 Å². The molecule has 1 unspecified atom stereocenters. The second-order valence-corrected chi connectivity index (χ2v) is 7.64. The maximum absolute atomic E-state index is 6.41. The summed E-state index contributed by atoms with van der Waals surface area (Å²) in [6, 6.07) is 9.07. The summed E-state index contributed by atoms with van der Waals surface area (Å²) in [5.74, 6) is 0.928. The first-order chi connectivity index (χ1) is 10.3. The van der Waals surface area contributed by atoms with Gasteiger partial charge in [0.25, 0.3) is 0 Å². The van der Waals surface area contributed by atoms with Crippen LogP contribution in [-0.4, -0.2) is 29.6 Å². The summed E-state index contributed by atoms with van der Waals surface area (Å²) in [6.07, 6.45) is 8.31. The molecule has 2 saturated carbocycles. The fourth-order valence-electron chi connectivity index (χ4n) is 4.33. The van der Waals surface area contributed by atoms with E-state index in [1.54, 1.807) is 0 Å². The second kappa shape index (κ2) is 5.57. The molecule has 1 heterocycles. The van der Waals surface area contributed by atoms with Gasteiger partial charge in [-0.25, -0.2) is 0 Å². The van der Waals surface area contributed by atoms with Crippen molar-refractivity contribution in [2.45, 2.75) is 56.7 Å². The minimum Gasteiger partial charge on any atom is -0.311 e. The topological polar surface area (TPSA) is 15.3 Å². The molecule has 3 heteroatoms. The molecule has 1 saturated heterocycles. The fraction of sp³-hybridized carbons (Fsp3) is 0.667. The van der Waals surface area contributed by atoms with Crippen LogP contribution in [0.3, 0.4) is 0 Å².